The number of rotatable bonds is 39. The summed E-state index contributed by atoms with van der Waals surface area (Å²) in [5.74, 6) is -1.09. The fraction of sp³-hybridized carbons (Fsp3) is 0.729. The second-order valence-corrected chi connectivity index (χ2v) is 14.6. The van der Waals surface area contributed by atoms with Gasteiger partial charge in [-0.3, -0.25) is 14.4 Å². The first-order valence-electron chi connectivity index (χ1n) is 22.3. The largest absolute Gasteiger partial charge is 0.462 e. The van der Waals surface area contributed by atoms with E-state index >= 15 is 0 Å². The lowest BCUT2D eigenvalue weighted by Crippen LogP contribution is -2.30. The minimum atomic E-state index is -0.830. The predicted octanol–water partition coefficient (Wildman–Crippen LogP) is 14.1. The lowest BCUT2D eigenvalue weighted by Gasteiger charge is -2.18. The zero-order valence-electron chi connectivity index (χ0n) is 35.2. The molecule has 0 N–H and O–H groups in total. The molecule has 0 saturated heterocycles. The zero-order valence-corrected chi connectivity index (χ0v) is 35.2. The molecule has 310 valence electrons. The number of esters is 3. The van der Waals surface area contributed by atoms with Crippen LogP contribution in [0.25, 0.3) is 0 Å². The summed E-state index contributed by atoms with van der Waals surface area (Å²) in [5, 5.41) is 0. The molecule has 1 atom stereocenters. The molecule has 54 heavy (non-hydrogen) atoms. The number of carbonyl (C=O) groups is 3. The monoisotopic (exact) mass is 755 g/mol. The molecular formula is C48H82O6. The number of ether oxygens (including phenoxy) is 3. The molecule has 0 spiro atoms. The summed E-state index contributed by atoms with van der Waals surface area (Å²) < 4.78 is 16.5. The molecule has 1 unspecified atom stereocenters. The highest BCUT2D eigenvalue weighted by atomic mass is 16.6. The van der Waals surface area contributed by atoms with Crippen molar-refractivity contribution in [1.29, 1.82) is 0 Å². The van der Waals surface area contributed by atoms with E-state index < -0.39 is 12.1 Å². The number of allylic oxidation sites excluding steroid dienone is 9. The van der Waals surface area contributed by atoms with Crippen molar-refractivity contribution < 1.29 is 28.6 Å². The van der Waals surface area contributed by atoms with Gasteiger partial charge in [0.05, 0.1) is 6.42 Å². The molecule has 6 heteroatoms. The number of unbranched alkanes of at least 4 members (excludes halogenated alkanes) is 19. The SMILES string of the molecule is CC/C=C\C/C=C\C/C=C\CC(=O)OC(COC(=O)CCCC/C=C\C/C=C\CC)COC(=O)CCCCCCCCCCCCCCCCCCCC. The summed E-state index contributed by atoms with van der Waals surface area (Å²) in [6.07, 6.45) is 51.2. The summed E-state index contributed by atoms with van der Waals surface area (Å²) in [6, 6.07) is 0. The van der Waals surface area contributed by atoms with Gasteiger partial charge in [-0.15, -0.1) is 0 Å². The van der Waals surface area contributed by atoms with Crippen LogP contribution in [0.1, 0.15) is 207 Å². The Hall–Kier alpha value is -2.89. The summed E-state index contributed by atoms with van der Waals surface area (Å²) in [7, 11) is 0. The summed E-state index contributed by atoms with van der Waals surface area (Å²) >= 11 is 0. The Balaban J connectivity index is 4.31. The van der Waals surface area contributed by atoms with E-state index in [2.05, 4.69) is 69.4 Å². The van der Waals surface area contributed by atoms with Crippen molar-refractivity contribution in [2.75, 3.05) is 13.2 Å². The normalized spacial score (nSPS) is 12.6. The van der Waals surface area contributed by atoms with Crippen LogP contribution in [0.3, 0.4) is 0 Å². The first kappa shape index (κ1) is 51.1. The van der Waals surface area contributed by atoms with Gasteiger partial charge < -0.3 is 14.2 Å². The molecule has 0 aliphatic rings. The molecule has 0 aromatic rings. The van der Waals surface area contributed by atoms with E-state index in [1.807, 2.05) is 6.08 Å². The average Bonchev–Trinajstić information content (AvgIpc) is 3.17. The Morgan fingerprint density at radius 1 is 0.407 bits per heavy atom. The molecule has 0 aromatic carbocycles. The van der Waals surface area contributed by atoms with Crippen LogP contribution in [0.15, 0.2) is 60.8 Å². The molecule has 0 bridgehead atoms. The highest BCUT2D eigenvalue weighted by Gasteiger charge is 2.19. The van der Waals surface area contributed by atoms with Gasteiger partial charge in [-0.25, -0.2) is 0 Å². The quantitative estimate of drug-likeness (QED) is 0.0269. The topological polar surface area (TPSA) is 78.9 Å². The maximum atomic E-state index is 12.6. The molecule has 0 aliphatic heterocycles. The van der Waals surface area contributed by atoms with Gasteiger partial charge in [-0.2, -0.15) is 0 Å². The second kappa shape index (κ2) is 42.8. The van der Waals surface area contributed by atoms with Crippen molar-refractivity contribution in [3.63, 3.8) is 0 Å². The third kappa shape index (κ3) is 40.3. The lowest BCUT2D eigenvalue weighted by molar-refractivity contribution is -0.166. The minimum Gasteiger partial charge on any atom is -0.462 e. The van der Waals surface area contributed by atoms with Gasteiger partial charge in [0.2, 0.25) is 0 Å². The molecule has 0 saturated carbocycles. The summed E-state index contributed by atoms with van der Waals surface area (Å²) in [5.41, 5.74) is 0. The van der Waals surface area contributed by atoms with Crippen LogP contribution in [0.5, 0.6) is 0 Å². The van der Waals surface area contributed by atoms with Gasteiger partial charge in [-0.05, 0) is 57.8 Å². The number of carbonyl (C=O) groups excluding carboxylic acids is 3. The molecule has 0 aliphatic carbocycles. The second-order valence-electron chi connectivity index (χ2n) is 14.6. The minimum absolute atomic E-state index is 0.100. The van der Waals surface area contributed by atoms with Crippen LogP contribution in [0, 0.1) is 0 Å². The molecular weight excluding hydrogens is 673 g/mol. The van der Waals surface area contributed by atoms with Crippen molar-refractivity contribution in [2.45, 2.75) is 213 Å². The Morgan fingerprint density at radius 3 is 1.22 bits per heavy atom. The average molecular weight is 755 g/mol. The molecule has 0 aromatic heterocycles. The fourth-order valence-corrected chi connectivity index (χ4v) is 6.01. The fourth-order valence-electron chi connectivity index (χ4n) is 6.01. The van der Waals surface area contributed by atoms with Gasteiger partial charge in [0, 0.05) is 12.8 Å². The zero-order chi connectivity index (χ0) is 39.4. The van der Waals surface area contributed by atoms with Gasteiger partial charge in [0.1, 0.15) is 13.2 Å². The van der Waals surface area contributed by atoms with E-state index in [0.717, 1.165) is 70.6 Å². The van der Waals surface area contributed by atoms with Crippen molar-refractivity contribution >= 4 is 17.9 Å². The van der Waals surface area contributed by atoms with E-state index in [0.29, 0.717) is 12.8 Å². The Morgan fingerprint density at radius 2 is 0.778 bits per heavy atom. The van der Waals surface area contributed by atoms with E-state index in [9.17, 15) is 14.4 Å². The van der Waals surface area contributed by atoms with Crippen molar-refractivity contribution in [1.82, 2.24) is 0 Å². The standard InChI is InChI=1S/C48H82O6/c1-4-7-10-13-16-19-20-21-22-23-24-25-26-27-30-32-35-38-41-47(50)53-44-45(54-48(51)42-39-36-33-29-18-15-12-9-6-3)43-52-46(49)40-37-34-31-28-17-14-11-8-5-2/h8-9,11-12,17-18,28-29,36,39,45H,4-7,10,13-16,19-27,30-35,37-38,40-44H2,1-3H3/b11-8-,12-9-,28-17-,29-18-,39-36-. The first-order valence-corrected chi connectivity index (χ1v) is 22.3. The first-order chi connectivity index (χ1) is 26.5. The lowest BCUT2D eigenvalue weighted by atomic mass is 10.0. The van der Waals surface area contributed by atoms with Crippen LogP contribution in [-0.4, -0.2) is 37.2 Å². The number of hydrogen-bond donors (Lipinski definition) is 0. The van der Waals surface area contributed by atoms with E-state index in [-0.39, 0.29) is 31.6 Å². The Kier molecular flexibility index (Phi) is 40.6. The molecule has 0 amide bonds. The van der Waals surface area contributed by atoms with Gasteiger partial charge in [-0.1, -0.05) is 191 Å². The summed E-state index contributed by atoms with van der Waals surface area (Å²) in [6.45, 7) is 6.26. The predicted molar refractivity (Wildman–Crippen MR) is 228 cm³/mol. The van der Waals surface area contributed by atoms with E-state index in [1.165, 1.54) is 96.3 Å². The van der Waals surface area contributed by atoms with E-state index in [1.54, 1.807) is 6.08 Å². The Labute approximate surface area is 332 Å². The highest BCUT2D eigenvalue weighted by molar-refractivity contribution is 5.72. The smallest absolute Gasteiger partial charge is 0.310 e. The third-order valence-corrected chi connectivity index (χ3v) is 9.30. The van der Waals surface area contributed by atoms with Crippen LogP contribution < -0.4 is 0 Å². The molecule has 6 nitrogen and oxygen atoms in total. The maximum absolute atomic E-state index is 12.6. The van der Waals surface area contributed by atoms with Gasteiger partial charge in [0.15, 0.2) is 6.10 Å². The van der Waals surface area contributed by atoms with Gasteiger partial charge >= 0.3 is 17.9 Å². The maximum Gasteiger partial charge on any atom is 0.310 e. The van der Waals surface area contributed by atoms with Crippen molar-refractivity contribution in [3.8, 4) is 0 Å². The van der Waals surface area contributed by atoms with Crippen molar-refractivity contribution in [2.24, 2.45) is 0 Å². The van der Waals surface area contributed by atoms with Crippen LogP contribution in [0.2, 0.25) is 0 Å². The van der Waals surface area contributed by atoms with Crippen LogP contribution in [0.4, 0.5) is 0 Å². The highest BCUT2D eigenvalue weighted by Crippen LogP contribution is 2.15. The van der Waals surface area contributed by atoms with Crippen LogP contribution in [-0.2, 0) is 28.6 Å². The molecule has 0 fully saturated rings. The summed E-state index contributed by atoms with van der Waals surface area (Å²) in [4.78, 5) is 37.5. The van der Waals surface area contributed by atoms with Crippen molar-refractivity contribution in [3.05, 3.63) is 60.8 Å². The Bertz CT molecular complexity index is 1010. The van der Waals surface area contributed by atoms with Gasteiger partial charge in [0.25, 0.3) is 0 Å². The number of hydrogen-bond acceptors (Lipinski definition) is 6. The third-order valence-electron chi connectivity index (χ3n) is 9.30. The molecule has 0 radical (unpaired) electrons. The molecule has 0 heterocycles. The van der Waals surface area contributed by atoms with Crippen LogP contribution >= 0.6 is 0 Å². The molecule has 0 rings (SSSR count). The van der Waals surface area contributed by atoms with E-state index in [4.69, 9.17) is 14.2 Å².